The van der Waals surface area contributed by atoms with Gasteiger partial charge in [-0.3, -0.25) is 0 Å². The van der Waals surface area contributed by atoms with Crippen molar-refractivity contribution >= 4 is 28.0 Å². The molecule has 0 spiro atoms. The van der Waals surface area contributed by atoms with Gasteiger partial charge in [0.05, 0.1) is 7.11 Å². The van der Waals surface area contributed by atoms with E-state index in [1.165, 1.54) is 5.56 Å². The van der Waals surface area contributed by atoms with Gasteiger partial charge in [-0.25, -0.2) is 0 Å². The molecule has 0 aliphatic rings. The topological polar surface area (TPSA) is 75.7 Å². The zero-order chi connectivity index (χ0) is 17.2. The summed E-state index contributed by atoms with van der Waals surface area (Å²) in [6, 6.07) is 16.1. The van der Waals surface area contributed by atoms with E-state index in [-0.39, 0.29) is 5.92 Å². The highest BCUT2D eigenvalue weighted by atomic mass is 16.5. The number of benzene rings is 2. The van der Waals surface area contributed by atoms with Gasteiger partial charge in [-0.05, 0) is 29.7 Å². The molecule has 0 amide bonds. The fraction of sp³-hybridized carbons (Fsp3) is 0.211. The second-order valence-corrected chi connectivity index (χ2v) is 6.06. The lowest BCUT2D eigenvalue weighted by Crippen LogP contribution is -2.12. The number of nitrogens with one attached hydrogen (secondary N) is 2. The second-order valence-electron chi connectivity index (χ2n) is 6.06. The number of hydrogen-bond donors (Lipinski definition) is 2. The molecule has 2 N–H and O–H groups in total. The van der Waals surface area contributed by atoms with E-state index in [0.29, 0.717) is 12.5 Å². The number of ether oxygens (including phenoxy) is 1. The van der Waals surface area contributed by atoms with Crippen molar-refractivity contribution in [1.82, 2.24) is 20.2 Å². The van der Waals surface area contributed by atoms with Crippen molar-refractivity contribution in [2.75, 3.05) is 19.0 Å². The predicted molar refractivity (Wildman–Crippen MR) is 99.1 cm³/mol. The third kappa shape index (κ3) is 2.98. The summed E-state index contributed by atoms with van der Waals surface area (Å²) in [4.78, 5) is 7.83. The number of para-hydroxylation sites is 1. The fourth-order valence-electron chi connectivity index (χ4n) is 2.91. The number of aromatic amines is 1. The second kappa shape index (κ2) is 6.39. The molecule has 0 radical (unpaired) electrons. The number of nitrogens with zero attached hydrogens (tertiary/aromatic N) is 3. The zero-order valence-electron chi connectivity index (χ0n) is 14.2. The van der Waals surface area contributed by atoms with E-state index in [1.54, 1.807) is 7.11 Å². The number of H-pyrrole nitrogens is 1. The molecule has 0 aliphatic carbocycles. The summed E-state index contributed by atoms with van der Waals surface area (Å²) in [5.74, 6) is 1.67. The molecule has 0 saturated heterocycles. The first kappa shape index (κ1) is 15.4. The first-order valence-corrected chi connectivity index (χ1v) is 8.23. The van der Waals surface area contributed by atoms with Gasteiger partial charge in [-0.1, -0.05) is 37.3 Å². The fourth-order valence-corrected chi connectivity index (χ4v) is 2.91. The van der Waals surface area contributed by atoms with Gasteiger partial charge >= 0.3 is 0 Å². The standard InChI is InChI=1S/C19H19N5O/c1-12(13-6-5-7-14(10-13)25-2)11-20-19-22-18-17(23-24-19)15-8-3-4-9-16(15)21-18/h3-10,12H,11H2,1-2H3,(H2,20,21,22,24). The van der Waals surface area contributed by atoms with Crippen molar-refractivity contribution in [2.24, 2.45) is 0 Å². The third-order valence-electron chi connectivity index (χ3n) is 4.35. The van der Waals surface area contributed by atoms with E-state index >= 15 is 0 Å². The Bertz CT molecular complexity index is 1030. The minimum Gasteiger partial charge on any atom is -0.497 e. The molecule has 126 valence electrons. The first-order chi connectivity index (χ1) is 12.2. The Labute approximate surface area is 145 Å². The van der Waals surface area contributed by atoms with E-state index < -0.39 is 0 Å². The molecule has 6 heteroatoms. The Hall–Kier alpha value is -3.15. The molecule has 1 unspecified atom stereocenters. The highest BCUT2D eigenvalue weighted by Gasteiger charge is 2.10. The summed E-state index contributed by atoms with van der Waals surface area (Å²) in [5, 5.41) is 12.8. The normalized spacial score (nSPS) is 12.4. The lowest BCUT2D eigenvalue weighted by Gasteiger charge is -2.13. The van der Waals surface area contributed by atoms with Crippen molar-refractivity contribution in [1.29, 1.82) is 0 Å². The molecule has 6 nitrogen and oxygen atoms in total. The highest BCUT2D eigenvalue weighted by molar-refractivity contribution is 6.03. The van der Waals surface area contributed by atoms with E-state index in [0.717, 1.165) is 27.8 Å². The monoisotopic (exact) mass is 333 g/mol. The summed E-state index contributed by atoms with van der Waals surface area (Å²) < 4.78 is 5.29. The Morgan fingerprint density at radius 2 is 2.00 bits per heavy atom. The first-order valence-electron chi connectivity index (χ1n) is 8.23. The Kier molecular flexibility index (Phi) is 3.93. The number of methoxy groups -OCH3 is 1. The number of hydrogen-bond acceptors (Lipinski definition) is 5. The van der Waals surface area contributed by atoms with E-state index in [2.05, 4.69) is 38.5 Å². The molecule has 0 fully saturated rings. The SMILES string of the molecule is COc1cccc(C(C)CNc2nnc3c(n2)[nH]c2ccccc23)c1. The number of aromatic nitrogens is 4. The molecule has 2 heterocycles. The van der Waals surface area contributed by atoms with Gasteiger partial charge in [0.25, 0.3) is 0 Å². The van der Waals surface area contributed by atoms with Gasteiger partial charge in [0.1, 0.15) is 11.3 Å². The van der Waals surface area contributed by atoms with Crippen LogP contribution in [0.15, 0.2) is 48.5 Å². The molecular formula is C19H19N5O. The lowest BCUT2D eigenvalue weighted by molar-refractivity contribution is 0.414. The minimum absolute atomic E-state index is 0.289. The summed E-state index contributed by atoms with van der Waals surface area (Å²) in [7, 11) is 1.68. The van der Waals surface area contributed by atoms with E-state index in [1.807, 2.05) is 42.5 Å². The lowest BCUT2D eigenvalue weighted by atomic mass is 10.0. The molecule has 0 saturated carbocycles. The van der Waals surface area contributed by atoms with Crippen LogP contribution in [0.5, 0.6) is 5.75 Å². The molecule has 1 atom stereocenters. The Morgan fingerprint density at radius 3 is 2.88 bits per heavy atom. The maximum Gasteiger partial charge on any atom is 0.244 e. The van der Waals surface area contributed by atoms with Gasteiger partial charge < -0.3 is 15.0 Å². The van der Waals surface area contributed by atoms with Crippen LogP contribution in [-0.4, -0.2) is 33.8 Å². The number of rotatable bonds is 5. The molecule has 2 aromatic heterocycles. The van der Waals surface area contributed by atoms with Gasteiger partial charge in [0, 0.05) is 17.4 Å². The van der Waals surface area contributed by atoms with Crippen LogP contribution in [0.2, 0.25) is 0 Å². The average Bonchev–Trinajstić information content (AvgIpc) is 3.04. The van der Waals surface area contributed by atoms with Crippen molar-refractivity contribution in [3.8, 4) is 5.75 Å². The quantitative estimate of drug-likeness (QED) is 0.582. The molecule has 0 aliphatic heterocycles. The van der Waals surface area contributed by atoms with Crippen LogP contribution in [0, 0.1) is 0 Å². The van der Waals surface area contributed by atoms with Crippen LogP contribution >= 0.6 is 0 Å². The molecule has 4 aromatic rings. The van der Waals surface area contributed by atoms with Crippen LogP contribution in [0.3, 0.4) is 0 Å². The predicted octanol–water partition coefficient (Wildman–Crippen LogP) is 3.73. The zero-order valence-corrected chi connectivity index (χ0v) is 14.2. The maximum atomic E-state index is 5.29. The molecule has 25 heavy (non-hydrogen) atoms. The number of anilines is 1. The largest absolute Gasteiger partial charge is 0.497 e. The average molecular weight is 333 g/mol. The Morgan fingerprint density at radius 1 is 1.12 bits per heavy atom. The van der Waals surface area contributed by atoms with E-state index in [4.69, 9.17) is 4.74 Å². The van der Waals surface area contributed by atoms with Gasteiger partial charge in [0.2, 0.25) is 5.95 Å². The van der Waals surface area contributed by atoms with E-state index in [9.17, 15) is 0 Å². The van der Waals surface area contributed by atoms with Crippen molar-refractivity contribution < 1.29 is 4.74 Å². The summed E-state index contributed by atoms with van der Waals surface area (Å²) in [5.41, 5.74) is 3.75. The van der Waals surface area contributed by atoms with Crippen LogP contribution in [0.4, 0.5) is 5.95 Å². The summed E-state index contributed by atoms with van der Waals surface area (Å²) in [6.45, 7) is 2.86. The summed E-state index contributed by atoms with van der Waals surface area (Å²) >= 11 is 0. The molecular weight excluding hydrogens is 314 g/mol. The van der Waals surface area contributed by atoms with Crippen LogP contribution < -0.4 is 10.1 Å². The van der Waals surface area contributed by atoms with Gasteiger partial charge in [-0.15, -0.1) is 10.2 Å². The van der Waals surface area contributed by atoms with Gasteiger partial charge in [0.15, 0.2) is 5.65 Å². The molecule has 0 bridgehead atoms. The van der Waals surface area contributed by atoms with Crippen molar-refractivity contribution in [2.45, 2.75) is 12.8 Å². The maximum absolute atomic E-state index is 5.29. The molecule has 4 rings (SSSR count). The molecule has 2 aromatic carbocycles. The highest BCUT2D eigenvalue weighted by Crippen LogP contribution is 2.23. The Balaban J connectivity index is 1.53. The minimum atomic E-state index is 0.289. The smallest absolute Gasteiger partial charge is 0.244 e. The van der Waals surface area contributed by atoms with Crippen LogP contribution in [0.1, 0.15) is 18.4 Å². The summed E-state index contributed by atoms with van der Waals surface area (Å²) in [6.07, 6.45) is 0. The third-order valence-corrected chi connectivity index (χ3v) is 4.35. The van der Waals surface area contributed by atoms with Gasteiger partial charge in [-0.2, -0.15) is 4.98 Å². The van der Waals surface area contributed by atoms with Crippen molar-refractivity contribution in [3.63, 3.8) is 0 Å². The van der Waals surface area contributed by atoms with Crippen LogP contribution in [0.25, 0.3) is 22.1 Å². The number of fused-ring (bicyclic) bond motifs is 3. The van der Waals surface area contributed by atoms with Crippen molar-refractivity contribution in [3.05, 3.63) is 54.1 Å². The van der Waals surface area contributed by atoms with Crippen LogP contribution in [-0.2, 0) is 0 Å².